The molecular formula is C11H23O5P. The maximum Gasteiger partial charge on any atom is 0.330 e. The molecule has 0 atom stereocenters. The fraction of sp³-hybridized carbons (Fsp3) is 1.00. The first-order valence-corrected chi connectivity index (χ1v) is 7.92. The van der Waals surface area contributed by atoms with Crippen LogP contribution in [0.15, 0.2) is 0 Å². The summed E-state index contributed by atoms with van der Waals surface area (Å²) in [5.41, 5.74) is 0. The van der Waals surface area contributed by atoms with Gasteiger partial charge in [0.1, 0.15) is 0 Å². The molecule has 102 valence electrons. The molecular weight excluding hydrogens is 243 g/mol. The van der Waals surface area contributed by atoms with Crippen LogP contribution in [0.3, 0.4) is 0 Å². The molecule has 0 saturated carbocycles. The highest BCUT2D eigenvalue weighted by molar-refractivity contribution is 7.53. The highest BCUT2D eigenvalue weighted by Gasteiger charge is 2.32. The minimum atomic E-state index is -2.92. The Morgan fingerprint density at radius 2 is 1.71 bits per heavy atom. The molecule has 0 spiro atoms. The Hall–Kier alpha value is 0.0700. The van der Waals surface area contributed by atoms with Gasteiger partial charge in [0.25, 0.3) is 0 Å². The Labute approximate surface area is 103 Å². The predicted octanol–water partition coefficient (Wildman–Crippen LogP) is 2.80. The van der Waals surface area contributed by atoms with Gasteiger partial charge in [0.15, 0.2) is 5.79 Å². The van der Waals surface area contributed by atoms with Crippen LogP contribution >= 0.6 is 7.60 Å². The summed E-state index contributed by atoms with van der Waals surface area (Å²) in [5, 5.41) is 0. The van der Waals surface area contributed by atoms with Gasteiger partial charge in [-0.2, -0.15) is 0 Å². The number of hydrogen-bond donors (Lipinski definition) is 0. The Bertz CT molecular complexity index is 253. The highest BCUT2D eigenvalue weighted by Crippen LogP contribution is 2.49. The molecule has 0 N–H and O–H groups in total. The molecule has 0 aliphatic carbocycles. The van der Waals surface area contributed by atoms with Crippen molar-refractivity contribution >= 4 is 7.60 Å². The predicted molar refractivity (Wildman–Crippen MR) is 65.3 cm³/mol. The van der Waals surface area contributed by atoms with Crippen LogP contribution in [0.1, 0.15) is 33.6 Å². The Morgan fingerprint density at radius 3 is 2.18 bits per heavy atom. The van der Waals surface area contributed by atoms with E-state index in [1.54, 1.807) is 0 Å². The average molecular weight is 266 g/mol. The van der Waals surface area contributed by atoms with Gasteiger partial charge in [0, 0.05) is 6.42 Å². The van der Waals surface area contributed by atoms with E-state index >= 15 is 0 Å². The van der Waals surface area contributed by atoms with Gasteiger partial charge in [0.05, 0.1) is 32.6 Å². The van der Waals surface area contributed by atoms with Crippen molar-refractivity contribution in [1.82, 2.24) is 0 Å². The molecule has 0 bridgehead atoms. The van der Waals surface area contributed by atoms with E-state index in [9.17, 15) is 4.57 Å². The molecule has 0 radical (unpaired) electrons. The van der Waals surface area contributed by atoms with Gasteiger partial charge in [-0.3, -0.25) is 4.57 Å². The Morgan fingerprint density at radius 1 is 1.18 bits per heavy atom. The summed E-state index contributed by atoms with van der Waals surface area (Å²) in [6, 6.07) is 0. The van der Waals surface area contributed by atoms with Crippen molar-refractivity contribution in [2.24, 2.45) is 0 Å². The van der Waals surface area contributed by atoms with Gasteiger partial charge in [-0.1, -0.05) is 0 Å². The molecule has 1 heterocycles. The average Bonchev–Trinajstić information content (AvgIpc) is 2.66. The molecule has 0 unspecified atom stereocenters. The molecule has 0 aromatic rings. The minimum absolute atomic E-state index is 0.404. The van der Waals surface area contributed by atoms with Crippen molar-refractivity contribution in [3.05, 3.63) is 0 Å². The molecule has 6 heteroatoms. The van der Waals surface area contributed by atoms with E-state index in [1.165, 1.54) is 0 Å². The standard InChI is InChI=1S/C11H23O5P/c1-4-15-17(12,16-5-2)10-6-7-11(3)13-8-9-14-11/h4-10H2,1-3H3. The summed E-state index contributed by atoms with van der Waals surface area (Å²) in [4.78, 5) is 0. The topological polar surface area (TPSA) is 54.0 Å². The third kappa shape index (κ3) is 5.06. The summed E-state index contributed by atoms with van der Waals surface area (Å²) in [7, 11) is -2.92. The summed E-state index contributed by atoms with van der Waals surface area (Å²) in [6.07, 6.45) is 1.82. The monoisotopic (exact) mass is 266 g/mol. The van der Waals surface area contributed by atoms with Crippen LogP contribution in [0.2, 0.25) is 0 Å². The van der Waals surface area contributed by atoms with Gasteiger partial charge >= 0.3 is 7.60 Å². The van der Waals surface area contributed by atoms with E-state index in [0.717, 1.165) is 0 Å². The van der Waals surface area contributed by atoms with Crippen LogP contribution < -0.4 is 0 Å². The van der Waals surface area contributed by atoms with Gasteiger partial charge in [-0.15, -0.1) is 0 Å². The summed E-state index contributed by atoms with van der Waals surface area (Å²) in [6.45, 7) is 7.61. The van der Waals surface area contributed by atoms with E-state index in [0.29, 0.717) is 45.4 Å². The zero-order chi connectivity index (χ0) is 12.8. The van der Waals surface area contributed by atoms with Crippen molar-refractivity contribution in [3.8, 4) is 0 Å². The molecule has 1 rings (SSSR count). The van der Waals surface area contributed by atoms with Crippen molar-refractivity contribution in [2.75, 3.05) is 32.6 Å². The zero-order valence-corrected chi connectivity index (χ0v) is 11.8. The van der Waals surface area contributed by atoms with Crippen molar-refractivity contribution in [2.45, 2.75) is 39.4 Å². The van der Waals surface area contributed by atoms with Gasteiger partial charge < -0.3 is 18.5 Å². The van der Waals surface area contributed by atoms with Gasteiger partial charge in [0.2, 0.25) is 0 Å². The molecule has 1 fully saturated rings. The van der Waals surface area contributed by atoms with Crippen LogP contribution in [0, 0.1) is 0 Å². The second-order valence-corrected chi connectivity index (χ2v) is 6.29. The maximum atomic E-state index is 12.2. The number of rotatable bonds is 8. The lowest BCUT2D eigenvalue weighted by Gasteiger charge is -2.23. The molecule has 0 amide bonds. The molecule has 0 aromatic heterocycles. The van der Waals surface area contributed by atoms with Crippen LogP contribution in [-0.2, 0) is 23.1 Å². The molecule has 5 nitrogen and oxygen atoms in total. The molecule has 17 heavy (non-hydrogen) atoms. The fourth-order valence-corrected chi connectivity index (χ4v) is 3.52. The molecule has 1 aliphatic heterocycles. The van der Waals surface area contributed by atoms with E-state index < -0.39 is 13.4 Å². The molecule has 0 aromatic carbocycles. The van der Waals surface area contributed by atoms with E-state index in [-0.39, 0.29) is 0 Å². The maximum absolute atomic E-state index is 12.2. The Balaban J connectivity index is 2.34. The van der Waals surface area contributed by atoms with E-state index in [1.807, 2.05) is 20.8 Å². The summed E-state index contributed by atoms with van der Waals surface area (Å²) < 4.78 is 33.6. The van der Waals surface area contributed by atoms with Crippen LogP contribution in [0.5, 0.6) is 0 Å². The van der Waals surface area contributed by atoms with Crippen LogP contribution in [0.25, 0.3) is 0 Å². The first-order valence-electron chi connectivity index (χ1n) is 6.19. The first kappa shape index (κ1) is 15.1. The minimum Gasteiger partial charge on any atom is -0.348 e. The second-order valence-electron chi connectivity index (χ2n) is 4.10. The van der Waals surface area contributed by atoms with Gasteiger partial charge in [-0.05, 0) is 27.2 Å². The quantitative estimate of drug-likeness (QED) is 0.632. The fourth-order valence-electron chi connectivity index (χ4n) is 1.85. The van der Waals surface area contributed by atoms with E-state index in [2.05, 4.69) is 0 Å². The van der Waals surface area contributed by atoms with Gasteiger partial charge in [-0.25, -0.2) is 0 Å². The lowest BCUT2D eigenvalue weighted by molar-refractivity contribution is -0.146. The molecule has 1 saturated heterocycles. The highest BCUT2D eigenvalue weighted by atomic mass is 31.2. The lowest BCUT2D eigenvalue weighted by Crippen LogP contribution is -2.25. The number of hydrogen-bond acceptors (Lipinski definition) is 5. The van der Waals surface area contributed by atoms with Crippen LogP contribution in [-0.4, -0.2) is 38.4 Å². The Kier molecular flexibility index (Phi) is 6.10. The largest absolute Gasteiger partial charge is 0.348 e. The smallest absolute Gasteiger partial charge is 0.330 e. The third-order valence-corrected chi connectivity index (χ3v) is 4.78. The zero-order valence-electron chi connectivity index (χ0n) is 10.9. The van der Waals surface area contributed by atoms with Crippen molar-refractivity contribution in [3.63, 3.8) is 0 Å². The molecule has 1 aliphatic rings. The van der Waals surface area contributed by atoms with Crippen molar-refractivity contribution < 1.29 is 23.1 Å². The number of ether oxygens (including phenoxy) is 2. The lowest BCUT2D eigenvalue weighted by atomic mass is 10.2. The second kappa shape index (κ2) is 6.86. The normalized spacial score (nSPS) is 19.7. The third-order valence-electron chi connectivity index (χ3n) is 2.61. The summed E-state index contributed by atoms with van der Waals surface area (Å²) >= 11 is 0. The summed E-state index contributed by atoms with van der Waals surface area (Å²) in [5.74, 6) is -0.525. The van der Waals surface area contributed by atoms with Crippen molar-refractivity contribution in [1.29, 1.82) is 0 Å². The SMILES string of the molecule is CCOP(=O)(CCCC1(C)OCCO1)OCC. The van der Waals surface area contributed by atoms with E-state index in [4.69, 9.17) is 18.5 Å². The first-order chi connectivity index (χ1) is 8.04. The van der Waals surface area contributed by atoms with Crippen LogP contribution in [0.4, 0.5) is 0 Å².